The summed E-state index contributed by atoms with van der Waals surface area (Å²) in [5, 5.41) is 2.06. The Hall–Kier alpha value is -2.31. The molecule has 7 nitrogen and oxygen atoms in total. The molecule has 1 atom stereocenters. The molecule has 0 saturated heterocycles. The zero-order valence-corrected chi connectivity index (χ0v) is 8.47. The third-order valence-corrected chi connectivity index (χ3v) is 1.27. The molecule has 0 aromatic heterocycles. The van der Waals surface area contributed by atoms with Crippen molar-refractivity contribution in [1.29, 1.82) is 0 Å². The Morgan fingerprint density at radius 2 is 1.81 bits per heavy atom. The van der Waals surface area contributed by atoms with Gasteiger partial charge in [-0.3, -0.25) is 5.32 Å². The lowest BCUT2D eigenvalue weighted by atomic mass is 10.5. The highest BCUT2D eigenvalue weighted by Crippen LogP contribution is 1.92. The van der Waals surface area contributed by atoms with Gasteiger partial charge in [0.25, 0.3) is 0 Å². The first-order chi connectivity index (χ1) is 7.49. The van der Waals surface area contributed by atoms with Crippen LogP contribution in [0, 0.1) is 0 Å². The van der Waals surface area contributed by atoms with Crippen molar-refractivity contribution in [3.05, 3.63) is 25.3 Å². The summed E-state index contributed by atoms with van der Waals surface area (Å²) >= 11 is 0. The van der Waals surface area contributed by atoms with Crippen molar-refractivity contribution >= 4 is 18.0 Å². The van der Waals surface area contributed by atoms with Crippen LogP contribution in [-0.2, 0) is 19.1 Å². The van der Waals surface area contributed by atoms with Crippen LogP contribution >= 0.6 is 0 Å². The van der Waals surface area contributed by atoms with E-state index in [0.717, 1.165) is 12.2 Å². The van der Waals surface area contributed by atoms with Crippen molar-refractivity contribution in [2.24, 2.45) is 5.73 Å². The number of esters is 2. The lowest BCUT2D eigenvalue weighted by molar-refractivity contribution is -0.153. The van der Waals surface area contributed by atoms with Gasteiger partial charge in [-0.1, -0.05) is 13.2 Å². The second-order valence-corrected chi connectivity index (χ2v) is 2.47. The topological polar surface area (TPSA) is 108 Å². The fraction of sp³-hybridized carbons (Fsp3) is 0.222. The molecule has 0 aliphatic carbocycles. The molecular formula is C9H12N2O5. The molecule has 0 spiro atoms. The van der Waals surface area contributed by atoms with Crippen LogP contribution in [0.3, 0.4) is 0 Å². The first-order valence-corrected chi connectivity index (χ1v) is 4.17. The van der Waals surface area contributed by atoms with E-state index in [0.29, 0.717) is 0 Å². The lowest BCUT2D eigenvalue weighted by Crippen LogP contribution is -2.44. The van der Waals surface area contributed by atoms with Crippen LogP contribution in [0.2, 0.25) is 0 Å². The number of hydrogen-bond acceptors (Lipinski definition) is 5. The molecule has 0 fully saturated rings. The van der Waals surface area contributed by atoms with E-state index in [4.69, 9.17) is 5.73 Å². The highest BCUT2D eigenvalue weighted by Gasteiger charge is 2.15. The van der Waals surface area contributed by atoms with Crippen LogP contribution in [-0.4, -0.2) is 30.8 Å². The number of urea groups is 1. The number of amides is 2. The zero-order chi connectivity index (χ0) is 12.6. The first-order valence-electron chi connectivity index (χ1n) is 4.17. The summed E-state index contributed by atoms with van der Waals surface area (Å²) in [6, 6.07) is -0.920. The maximum atomic E-state index is 10.8. The fourth-order valence-corrected chi connectivity index (χ4v) is 0.669. The molecule has 0 aromatic rings. The van der Waals surface area contributed by atoms with E-state index in [1.165, 1.54) is 0 Å². The molecule has 0 aromatic carbocycles. The number of nitrogens with two attached hydrogens (primary N) is 1. The van der Waals surface area contributed by atoms with E-state index in [1.54, 1.807) is 0 Å². The molecule has 16 heavy (non-hydrogen) atoms. The largest absolute Gasteiger partial charge is 0.456 e. The standard InChI is InChI=1S/C9H12N2O5/c1-3-7(12)15-5-6(11-9(10)14)16-8(13)4-2/h3-4,6H,1-2,5H2,(H3,10,11,14). The second kappa shape index (κ2) is 7.04. The number of ether oxygens (including phenoxy) is 2. The molecule has 0 bridgehead atoms. The highest BCUT2D eigenvalue weighted by molar-refractivity contribution is 5.82. The minimum absolute atomic E-state index is 0.368. The van der Waals surface area contributed by atoms with Crippen LogP contribution in [0.4, 0.5) is 4.79 Å². The van der Waals surface area contributed by atoms with E-state index < -0.39 is 24.2 Å². The van der Waals surface area contributed by atoms with Crippen molar-refractivity contribution in [3.63, 3.8) is 0 Å². The summed E-state index contributed by atoms with van der Waals surface area (Å²) in [7, 11) is 0. The van der Waals surface area contributed by atoms with Gasteiger partial charge in [0.05, 0.1) is 0 Å². The van der Waals surface area contributed by atoms with E-state index in [9.17, 15) is 14.4 Å². The second-order valence-electron chi connectivity index (χ2n) is 2.47. The normalized spacial score (nSPS) is 10.8. The Morgan fingerprint density at radius 1 is 1.25 bits per heavy atom. The van der Waals surface area contributed by atoms with Crippen molar-refractivity contribution in [2.75, 3.05) is 6.61 Å². The smallest absolute Gasteiger partial charge is 0.332 e. The van der Waals surface area contributed by atoms with E-state index in [1.807, 2.05) is 0 Å². The summed E-state index contributed by atoms with van der Waals surface area (Å²) in [6.45, 7) is 5.96. The number of nitrogens with one attached hydrogen (secondary N) is 1. The third kappa shape index (κ3) is 6.19. The molecule has 7 heteroatoms. The molecule has 0 saturated carbocycles. The molecule has 2 amide bonds. The fourth-order valence-electron chi connectivity index (χ4n) is 0.669. The summed E-state index contributed by atoms with van der Waals surface area (Å²) in [5.41, 5.74) is 4.82. The Balaban J connectivity index is 4.24. The highest BCUT2D eigenvalue weighted by atomic mass is 16.6. The van der Waals surface area contributed by atoms with Crippen LogP contribution in [0.25, 0.3) is 0 Å². The molecule has 88 valence electrons. The van der Waals surface area contributed by atoms with Gasteiger partial charge >= 0.3 is 18.0 Å². The monoisotopic (exact) mass is 228 g/mol. The summed E-state index contributed by atoms with van der Waals surface area (Å²) < 4.78 is 9.19. The van der Waals surface area contributed by atoms with Crippen LogP contribution in [0.5, 0.6) is 0 Å². The molecule has 0 aliphatic rings. The van der Waals surface area contributed by atoms with Gasteiger partial charge in [0.2, 0.25) is 6.23 Å². The number of carbonyl (C=O) groups excluding carboxylic acids is 3. The summed E-state index contributed by atoms with van der Waals surface area (Å²) in [6.07, 6.45) is 0.661. The quantitative estimate of drug-likeness (QED) is 0.360. The Bertz CT molecular complexity index is 313. The van der Waals surface area contributed by atoms with Crippen LogP contribution in [0.15, 0.2) is 25.3 Å². The van der Waals surface area contributed by atoms with Gasteiger partial charge in [-0.15, -0.1) is 0 Å². The van der Waals surface area contributed by atoms with E-state index in [2.05, 4.69) is 27.9 Å². The maximum absolute atomic E-state index is 10.8. The van der Waals surface area contributed by atoms with Crippen molar-refractivity contribution in [1.82, 2.24) is 5.32 Å². The molecule has 1 unspecified atom stereocenters. The van der Waals surface area contributed by atoms with Crippen LogP contribution in [0.1, 0.15) is 0 Å². The number of primary amides is 1. The van der Waals surface area contributed by atoms with Gasteiger partial charge in [-0.25, -0.2) is 14.4 Å². The maximum Gasteiger partial charge on any atom is 0.332 e. The minimum Gasteiger partial charge on any atom is -0.456 e. The number of hydrogen-bond donors (Lipinski definition) is 2. The van der Waals surface area contributed by atoms with Gasteiger partial charge in [-0.2, -0.15) is 0 Å². The van der Waals surface area contributed by atoms with Crippen molar-refractivity contribution in [2.45, 2.75) is 6.23 Å². The molecular weight excluding hydrogens is 216 g/mol. The SMILES string of the molecule is C=CC(=O)OCC(NC(N)=O)OC(=O)C=C. The average Bonchev–Trinajstić information content (AvgIpc) is 2.24. The van der Waals surface area contributed by atoms with Gasteiger partial charge in [0.15, 0.2) is 0 Å². The van der Waals surface area contributed by atoms with Gasteiger partial charge in [0.1, 0.15) is 6.61 Å². The number of rotatable bonds is 6. The van der Waals surface area contributed by atoms with Crippen molar-refractivity contribution in [3.8, 4) is 0 Å². The lowest BCUT2D eigenvalue weighted by Gasteiger charge is -2.16. The third-order valence-electron chi connectivity index (χ3n) is 1.27. The molecule has 0 heterocycles. The Morgan fingerprint density at radius 3 is 2.25 bits per heavy atom. The van der Waals surface area contributed by atoms with Gasteiger partial charge in [-0.05, 0) is 0 Å². The van der Waals surface area contributed by atoms with E-state index in [-0.39, 0.29) is 6.61 Å². The Labute approximate surface area is 91.9 Å². The predicted octanol–water partition coefficient (Wildman–Crippen LogP) is -0.561. The molecule has 0 aliphatic heterocycles. The minimum atomic E-state index is -1.16. The molecule has 3 N–H and O–H groups in total. The molecule has 0 radical (unpaired) electrons. The number of carbonyl (C=O) groups is 3. The predicted molar refractivity (Wildman–Crippen MR) is 54.0 cm³/mol. The van der Waals surface area contributed by atoms with Gasteiger partial charge in [0, 0.05) is 12.2 Å². The molecule has 0 rings (SSSR count). The van der Waals surface area contributed by atoms with Crippen LogP contribution < -0.4 is 11.1 Å². The summed E-state index contributed by atoms with van der Waals surface area (Å²) in [4.78, 5) is 32.1. The zero-order valence-electron chi connectivity index (χ0n) is 8.47. The Kier molecular flexibility index (Phi) is 6.03. The van der Waals surface area contributed by atoms with Gasteiger partial charge < -0.3 is 15.2 Å². The average molecular weight is 228 g/mol. The first kappa shape index (κ1) is 13.7. The van der Waals surface area contributed by atoms with Crippen molar-refractivity contribution < 1.29 is 23.9 Å². The summed E-state index contributed by atoms with van der Waals surface area (Å²) in [5.74, 6) is -1.50. The van der Waals surface area contributed by atoms with E-state index >= 15 is 0 Å².